The van der Waals surface area contributed by atoms with E-state index in [-0.39, 0.29) is 5.56 Å². The van der Waals surface area contributed by atoms with Crippen molar-refractivity contribution in [3.8, 4) is 5.75 Å². The van der Waals surface area contributed by atoms with Crippen LogP contribution in [-0.4, -0.2) is 5.56 Å². The summed E-state index contributed by atoms with van der Waals surface area (Å²) in [5.41, 5.74) is 2.51. The van der Waals surface area contributed by atoms with Gasteiger partial charge in [0.1, 0.15) is 5.75 Å². The van der Waals surface area contributed by atoms with E-state index < -0.39 is 0 Å². The van der Waals surface area contributed by atoms with Gasteiger partial charge in [-0.3, -0.25) is 0 Å². The van der Waals surface area contributed by atoms with E-state index in [1.54, 1.807) is 0 Å². The number of benzene rings is 2. The number of hydrogen-bond donors (Lipinski definition) is 0. The highest BCUT2D eigenvalue weighted by molar-refractivity contribution is 6.19. The quantitative estimate of drug-likeness (QED) is 0.707. The van der Waals surface area contributed by atoms with Gasteiger partial charge in [-0.15, -0.1) is 0 Å². The highest BCUT2D eigenvalue weighted by Gasteiger charge is 2.25. The Labute approximate surface area is 113 Å². The van der Waals surface area contributed by atoms with Gasteiger partial charge in [-0.25, -0.2) is 0 Å². The normalized spacial score (nSPS) is 16.8. The second kappa shape index (κ2) is 4.47. The van der Waals surface area contributed by atoms with Crippen molar-refractivity contribution in [1.29, 1.82) is 0 Å². The predicted octanol–water partition coefficient (Wildman–Crippen LogP) is 4.99. The van der Waals surface area contributed by atoms with E-state index in [0.717, 1.165) is 11.7 Å². The maximum Gasteiger partial charge on any atom is 0.169 e. The highest BCUT2D eigenvalue weighted by Crippen LogP contribution is 2.44. The van der Waals surface area contributed by atoms with Crippen LogP contribution in [0.1, 0.15) is 36.8 Å². The average molecular weight is 261 g/mol. The van der Waals surface area contributed by atoms with Crippen LogP contribution in [0.4, 0.5) is 0 Å². The summed E-state index contributed by atoms with van der Waals surface area (Å²) in [5.74, 6) is 1.60. The monoisotopic (exact) mass is 260 g/mol. The largest absolute Gasteiger partial charge is 0.475 e. The van der Waals surface area contributed by atoms with Crippen molar-refractivity contribution < 1.29 is 4.74 Å². The Morgan fingerprint density at radius 2 is 2.00 bits per heavy atom. The highest BCUT2D eigenvalue weighted by atomic mass is 35.5. The van der Waals surface area contributed by atoms with Crippen molar-refractivity contribution in [2.45, 2.75) is 38.2 Å². The molecule has 1 atom stereocenters. The van der Waals surface area contributed by atoms with Crippen molar-refractivity contribution in [1.82, 2.24) is 0 Å². The van der Waals surface area contributed by atoms with Crippen LogP contribution in [0.15, 0.2) is 30.3 Å². The van der Waals surface area contributed by atoms with Crippen LogP contribution in [0.5, 0.6) is 5.75 Å². The summed E-state index contributed by atoms with van der Waals surface area (Å²) in [5, 5.41) is 2.62. The molecule has 94 valence electrons. The first kappa shape index (κ1) is 11.9. The van der Waals surface area contributed by atoms with Gasteiger partial charge in [0.15, 0.2) is 5.56 Å². The standard InChI is InChI=1S/C16H17ClO/c1-10-7-13-5-6-14(18-11(2)17)9-16(13)15(8-10)12-3-4-12/h5-9,11-12H,3-4H2,1-2H3. The van der Waals surface area contributed by atoms with E-state index >= 15 is 0 Å². The van der Waals surface area contributed by atoms with Crippen LogP contribution in [-0.2, 0) is 0 Å². The number of fused-ring (bicyclic) bond motifs is 1. The predicted molar refractivity (Wildman–Crippen MR) is 76.6 cm³/mol. The van der Waals surface area contributed by atoms with E-state index in [1.807, 2.05) is 13.0 Å². The SMILES string of the molecule is Cc1cc(C2CC2)c2cc(OC(C)Cl)ccc2c1. The van der Waals surface area contributed by atoms with Gasteiger partial charge >= 0.3 is 0 Å². The molecule has 1 saturated carbocycles. The first-order valence-corrected chi connectivity index (χ1v) is 6.92. The summed E-state index contributed by atoms with van der Waals surface area (Å²) >= 11 is 5.88. The molecule has 0 aliphatic heterocycles. The zero-order valence-corrected chi connectivity index (χ0v) is 11.5. The van der Waals surface area contributed by atoms with Gasteiger partial charge in [0.25, 0.3) is 0 Å². The van der Waals surface area contributed by atoms with Gasteiger partial charge in [-0.1, -0.05) is 35.4 Å². The molecule has 1 aliphatic carbocycles. The van der Waals surface area contributed by atoms with Gasteiger partial charge in [-0.05, 0) is 61.1 Å². The lowest BCUT2D eigenvalue weighted by Crippen LogP contribution is -2.02. The molecule has 1 nitrogen and oxygen atoms in total. The molecule has 18 heavy (non-hydrogen) atoms. The topological polar surface area (TPSA) is 9.23 Å². The molecule has 0 spiro atoms. The molecule has 0 aromatic heterocycles. The molecule has 2 aromatic carbocycles. The Morgan fingerprint density at radius 3 is 2.67 bits per heavy atom. The maximum absolute atomic E-state index is 5.88. The summed E-state index contributed by atoms with van der Waals surface area (Å²) in [7, 11) is 0. The Kier molecular flexibility index (Phi) is 2.95. The molecule has 1 fully saturated rings. The van der Waals surface area contributed by atoms with Crippen LogP contribution < -0.4 is 4.74 Å². The van der Waals surface area contributed by atoms with Crippen molar-refractivity contribution in [2.24, 2.45) is 0 Å². The number of halogens is 1. The van der Waals surface area contributed by atoms with Gasteiger partial charge < -0.3 is 4.74 Å². The minimum absolute atomic E-state index is 0.294. The minimum atomic E-state index is -0.294. The lowest BCUT2D eigenvalue weighted by atomic mass is 9.98. The molecule has 1 unspecified atom stereocenters. The van der Waals surface area contributed by atoms with Crippen LogP contribution in [0.3, 0.4) is 0 Å². The third-order valence-electron chi connectivity index (χ3n) is 3.42. The van der Waals surface area contributed by atoms with Gasteiger partial charge in [-0.2, -0.15) is 0 Å². The molecule has 0 heterocycles. The second-order valence-electron chi connectivity index (χ2n) is 5.17. The van der Waals surface area contributed by atoms with E-state index in [4.69, 9.17) is 16.3 Å². The number of hydrogen-bond acceptors (Lipinski definition) is 1. The van der Waals surface area contributed by atoms with Crippen molar-refractivity contribution in [3.05, 3.63) is 41.5 Å². The summed E-state index contributed by atoms with van der Waals surface area (Å²) in [4.78, 5) is 0. The Hall–Kier alpha value is -1.21. The molecule has 0 N–H and O–H groups in total. The number of alkyl halides is 1. The summed E-state index contributed by atoms with van der Waals surface area (Å²) in [6.45, 7) is 4.00. The van der Waals surface area contributed by atoms with Gasteiger partial charge in [0, 0.05) is 0 Å². The Balaban J connectivity index is 2.12. The molecular formula is C16H17ClO. The fraction of sp³-hybridized carbons (Fsp3) is 0.375. The molecule has 0 bridgehead atoms. The summed E-state index contributed by atoms with van der Waals surface area (Å²) < 4.78 is 5.57. The fourth-order valence-electron chi connectivity index (χ4n) is 2.51. The zero-order chi connectivity index (χ0) is 12.7. The van der Waals surface area contributed by atoms with E-state index in [2.05, 4.69) is 31.2 Å². The van der Waals surface area contributed by atoms with Crippen LogP contribution in [0.2, 0.25) is 0 Å². The molecule has 1 aliphatic rings. The average Bonchev–Trinajstić information content (AvgIpc) is 3.11. The zero-order valence-electron chi connectivity index (χ0n) is 10.7. The lowest BCUT2D eigenvalue weighted by Gasteiger charge is -2.12. The Morgan fingerprint density at radius 1 is 1.22 bits per heavy atom. The molecule has 2 aromatic rings. The lowest BCUT2D eigenvalue weighted by molar-refractivity contribution is 0.301. The van der Waals surface area contributed by atoms with E-state index in [0.29, 0.717) is 0 Å². The first-order valence-electron chi connectivity index (χ1n) is 6.48. The summed E-state index contributed by atoms with van der Waals surface area (Å²) in [6.07, 6.45) is 2.63. The second-order valence-corrected chi connectivity index (χ2v) is 5.79. The third kappa shape index (κ3) is 2.32. The molecule has 3 rings (SSSR count). The summed E-state index contributed by atoms with van der Waals surface area (Å²) in [6, 6.07) is 10.8. The molecular weight excluding hydrogens is 244 g/mol. The number of aryl methyl sites for hydroxylation is 1. The molecule has 0 radical (unpaired) electrons. The number of rotatable bonds is 3. The smallest absolute Gasteiger partial charge is 0.169 e. The first-order chi connectivity index (χ1) is 8.63. The maximum atomic E-state index is 5.88. The van der Waals surface area contributed by atoms with Crippen molar-refractivity contribution in [3.63, 3.8) is 0 Å². The van der Waals surface area contributed by atoms with E-state index in [1.165, 1.54) is 34.7 Å². The fourth-order valence-corrected chi connectivity index (χ4v) is 2.62. The van der Waals surface area contributed by atoms with E-state index in [9.17, 15) is 0 Å². The third-order valence-corrected chi connectivity index (χ3v) is 3.51. The molecule has 0 amide bonds. The number of ether oxygens (including phenoxy) is 1. The molecule has 0 saturated heterocycles. The minimum Gasteiger partial charge on any atom is -0.475 e. The van der Waals surface area contributed by atoms with Crippen molar-refractivity contribution in [2.75, 3.05) is 0 Å². The van der Waals surface area contributed by atoms with Gasteiger partial charge in [0.2, 0.25) is 0 Å². The van der Waals surface area contributed by atoms with Crippen molar-refractivity contribution >= 4 is 22.4 Å². The van der Waals surface area contributed by atoms with Crippen LogP contribution in [0.25, 0.3) is 10.8 Å². The van der Waals surface area contributed by atoms with Crippen LogP contribution >= 0.6 is 11.6 Å². The van der Waals surface area contributed by atoms with Gasteiger partial charge in [0.05, 0.1) is 0 Å². The Bertz CT molecular complexity index is 585. The molecule has 2 heteroatoms. The van der Waals surface area contributed by atoms with Crippen LogP contribution in [0, 0.1) is 6.92 Å².